The van der Waals surface area contributed by atoms with Crippen molar-refractivity contribution >= 4 is 54.6 Å². The molecular formula is C29H23ClF3N3O6S2. The van der Waals surface area contributed by atoms with E-state index in [2.05, 4.69) is 10.0 Å². The first kappa shape index (κ1) is 31.2. The Morgan fingerprint density at radius 2 is 1.52 bits per heavy atom. The second-order valence-corrected chi connectivity index (χ2v) is 13.6. The summed E-state index contributed by atoms with van der Waals surface area (Å²) in [6.07, 6.45) is -6.03. The second kappa shape index (κ2) is 12.0. The molecule has 4 aromatic carbocycles. The minimum Gasteiger partial charge on any atom is -0.476 e. The number of ether oxygens (including phenoxy) is 1. The normalized spacial score (nSPS) is 15.2. The number of hydrogen-bond donors (Lipinski definition) is 2. The van der Waals surface area contributed by atoms with Gasteiger partial charge in [-0.05, 0) is 60.2 Å². The van der Waals surface area contributed by atoms with Gasteiger partial charge in [0.15, 0.2) is 6.10 Å². The summed E-state index contributed by atoms with van der Waals surface area (Å²) >= 11 is 5.60. The van der Waals surface area contributed by atoms with Gasteiger partial charge in [0.05, 0.1) is 33.5 Å². The van der Waals surface area contributed by atoms with Crippen molar-refractivity contribution in [3.05, 3.63) is 113 Å². The number of hydrogen-bond acceptors (Lipinski definition) is 6. The van der Waals surface area contributed by atoms with E-state index in [9.17, 15) is 34.8 Å². The Bertz CT molecular complexity index is 1910. The highest BCUT2D eigenvalue weighted by Crippen LogP contribution is 2.37. The highest BCUT2D eigenvalue weighted by Gasteiger charge is 2.37. The molecule has 15 heteroatoms. The molecule has 0 aliphatic carbocycles. The average Bonchev–Trinajstić information content (AvgIpc) is 2.97. The van der Waals surface area contributed by atoms with Crippen molar-refractivity contribution in [3.8, 4) is 5.75 Å². The summed E-state index contributed by atoms with van der Waals surface area (Å²) < 4.78 is 101. The number of alkyl halides is 3. The Morgan fingerprint density at radius 3 is 2.20 bits per heavy atom. The zero-order valence-corrected chi connectivity index (χ0v) is 24.8. The van der Waals surface area contributed by atoms with Crippen LogP contribution >= 0.6 is 11.6 Å². The van der Waals surface area contributed by atoms with Crippen LogP contribution in [0.3, 0.4) is 0 Å². The lowest BCUT2D eigenvalue weighted by atomic mass is 10.2. The number of nitrogens with one attached hydrogen (secondary N) is 2. The largest absolute Gasteiger partial charge is 0.476 e. The molecule has 0 saturated carbocycles. The zero-order chi connectivity index (χ0) is 31.7. The summed E-state index contributed by atoms with van der Waals surface area (Å²) in [6, 6.07) is 22.4. The molecule has 44 heavy (non-hydrogen) atoms. The van der Waals surface area contributed by atoms with Crippen molar-refractivity contribution in [2.45, 2.75) is 22.9 Å². The van der Waals surface area contributed by atoms with Crippen molar-refractivity contribution in [3.63, 3.8) is 0 Å². The molecule has 0 bridgehead atoms. The fourth-order valence-corrected chi connectivity index (χ4v) is 7.28. The van der Waals surface area contributed by atoms with Gasteiger partial charge in [0, 0.05) is 11.4 Å². The number of nitrogens with zero attached hydrogens (tertiary/aromatic N) is 1. The molecule has 1 aliphatic rings. The maximum atomic E-state index is 13.4. The minimum atomic E-state index is -4.79. The van der Waals surface area contributed by atoms with E-state index >= 15 is 0 Å². The molecule has 0 unspecified atom stereocenters. The number of carbonyl (C=O) groups is 1. The molecule has 1 atom stereocenters. The molecule has 9 nitrogen and oxygen atoms in total. The zero-order valence-electron chi connectivity index (χ0n) is 22.5. The fourth-order valence-electron chi connectivity index (χ4n) is 4.43. The van der Waals surface area contributed by atoms with Crippen LogP contribution in [0.1, 0.15) is 11.1 Å². The first-order valence-corrected chi connectivity index (χ1v) is 16.3. The number of halogens is 4. The number of amides is 1. The number of rotatable bonds is 8. The molecule has 0 spiro atoms. The summed E-state index contributed by atoms with van der Waals surface area (Å²) in [5, 5.41) is 2.00. The van der Waals surface area contributed by atoms with Crippen molar-refractivity contribution < 1.29 is 39.5 Å². The summed E-state index contributed by atoms with van der Waals surface area (Å²) in [5.41, 5.74) is -0.519. The van der Waals surface area contributed by atoms with Gasteiger partial charge in [-0.3, -0.25) is 13.8 Å². The summed E-state index contributed by atoms with van der Waals surface area (Å²) in [6.45, 7) is -0.310. The lowest BCUT2D eigenvalue weighted by Gasteiger charge is -2.34. The number of sulfonamides is 2. The predicted octanol–water partition coefficient (Wildman–Crippen LogP) is 5.90. The van der Waals surface area contributed by atoms with E-state index in [1.807, 2.05) is 0 Å². The Balaban J connectivity index is 1.30. The SMILES string of the molecule is O=C(Nc1ccc(S(=O)(=O)Nc2ccc(Cl)c(C(F)(F)F)c2)cc1)[C@@H]1CN(S(=O)(=O)Cc2ccccc2)c2ccccc2O1. The van der Waals surface area contributed by atoms with E-state index in [-0.39, 0.29) is 40.0 Å². The molecule has 0 fully saturated rings. The Hall–Kier alpha value is -4.27. The highest BCUT2D eigenvalue weighted by atomic mass is 35.5. The van der Waals surface area contributed by atoms with Crippen LogP contribution in [0.25, 0.3) is 0 Å². The maximum absolute atomic E-state index is 13.4. The van der Waals surface area contributed by atoms with Gasteiger partial charge < -0.3 is 10.1 Å². The van der Waals surface area contributed by atoms with Crippen LogP contribution < -0.4 is 19.1 Å². The number of para-hydroxylation sites is 2. The van der Waals surface area contributed by atoms with Crippen LogP contribution in [0.15, 0.2) is 102 Å². The van der Waals surface area contributed by atoms with Crippen LogP contribution in [0, 0.1) is 0 Å². The van der Waals surface area contributed by atoms with Crippen molar-refractivity contribution in [2.75, 3.05) is 20.9 Å². The first-order valence-electron chi connectivity index (χ1n) is 12.8. The van der Waals surface area contributed by atoms with E-state index < -0.39 is 48.8 Å². The van der Waals surface area contributed by atoms with Gasteiger partial charge in [-0.15, -0.1) is 0 Å². The lowest BCUT2D eigenvalue weighted by molar-refractivity contribution is -0.137. The third-order valence-electron chi connectivity index (χ3n) is 6.51. The van der Waals surface area contributed by atoms with Crippen LogP contribution in [0.2, 0.25) is 5.02 Å². The molecule has 0 radical (unpaired) electrons. The molecule has 5 rings (SSSR count). The first-order chi connectivity index (χ1) is 20.7. The van der Waals surface area contributed by atoms with E-state index in [0.717, 1.165) is 28.6 Å². The third kappa shape index (κ3) is 6.93. The Labute approximate surface area is 256 Å². The highest BCUT2D eigenvalue weighted by molar-refractivity contribution is 7.92. The van der Waals surface area contributed by atoms with E-state index in [1.165, 1.54) is 12.1 Å². The lowest BCUT2D eigenvalue weighted by Crippen LogP contribution is -2.49. The van der Waals surface area contributed by atoms with Crippen molar-refractivity contribution in [1.82, 2.24) is 0 Å². The van der Waals surface area contributed by atoms with E-state index in [4.69, 9.17) is 16.3 Å². The predicted molar refractivity (Wildman–Crippen MR) is 160 cm³/mol. The fraction of sp³-hybridized carbons (Fsp3) is 0.138. The van der Waals surface area contributed by atoms with Gasteiger partial charge >= 0.3 is 6.18 Å². The van der Waals surface area contributed by atoms with Gasteiger partial charge in [0.1, 0.15) is 5.75 Å². The Morgan fingerprint density at radius 1 is 0.886 bits per heavy atom. The van der Waals surface area contributed by atoms with Gasteiger partial charge in [-0.25, -0.2) is 16.8 Å². The van der Waals surface area contributed by atoms with Crippen LogP contribution in [-0.2, 0) is 36.8 Å². The van der Waals surface area contributed by atoms with Crippen molar-refractivity contribution in [2.24, 2.45) is 0 Å². The molecule has 1 aliphatic heterocycles. The minimum absolute atomic E-state index is 0.168. The molecule has 0 aromatic heterocycles. The molecule has 0 saturated heterocycles. The quantitative estimate of drug-likeness (QED) is 0.242. The number of fused-ring (bicyclic) bond motifs is 1. The summed E-state index contributed by atoms with van der Waals surface area (Å²) in [5.74, 6) is -0.790. The monoisotopic (exact) mass is 665 g/mol. The molecule has 2 N–H and O–H groups in total. The smallest absolute Gasteiger partial charge is 0.417 e. The van der Waals surface area contributed by atoms with Crippen LogP contribution in [0.5, 0.6) is 5.75 Å². The maximum Gasteiger partial charge on any atom is 0.417 e. The molecule has 1 amide bonds. The van der Waals surface area contributed by atoms with Crippen LogP contribution in [-0.4, -0.2) is 35.4 Å². The number of carbonyl (C=O) groups excluding carboxylic acids is 1. The van der Waals surface area contributed by atoms with E-state index in [0.29, 0.717) is 11.6 Å². The Kier molecular flexibility index (Phi) is 8.51. The summed E-state index contributed by atoms with van der Waals surface area (Å²) in [7, 11) is -8.23. The average molecular weight is 666 g/mol. The van der Waals surface area contributed by atoms with Gasteiger partial charge in [0.2, 0.25) is 10.0 Å². The third-order valence-corrected chi connectivity index (χ3v) is 9.95. The summed E-state index contributed by atoms with van der Waals surface area (Å²) in [4.78, 5) is 12.9. The molecule has 4 aromatic rings. The molecular weight excluding hydrogens is 643 g/mol. The van der Waals surface area contributed by atoms with Gasteiger partial charge in [-0.2, -0.15) is 13.2 Å². The van der Waals surface area contributed by atoms with E-state index in [1.54, 1.807) is 54.6 Å². The van der Waals surface area contributed by atoms with Crippen molar-refractivity contribution in [1.29, 1.82) is 0 Å². The molecule has 1 heterocycles. The second-order valence-electron chi connectivity index (χ2n) is 9.66. The van der Waals surface area contributed by atoms with Crippen LogP contribution in [0.4, 0.5) is 30.2 Å². The topological polar surface area (TPSA) is 122 Å². The van der Waals surface area contributed by atoms with Gasteiger partial charge in [0.25, 0.3) is 15.9 Å². The van der Waals surface area contributed by atoms with Gasteiger partial charge in [-0.1, -0.05) is 54.1 Å². The standard InChI is InChI=1S/C29H23ClF3N3O6S2/c30-24-15-12-21(16-23(24)29(31,32)33)35-44(40,41)22-13-10-20(11-14-22)34-28(37)27-17-36(25-8-4-5-9-26(25)42-27)43(38,39)18-19-6-2-1-3-7-19/h1-16,27,35H,17-18H2,(H,34,37)/t27-/m0/s1. The number of anilines is 3. The number of benzene rings is 4. The molecule has 230 valence electrons.